The number of hydrogen-bond acceptors (Lipinski definition) is 5. The lowest BCUT2D eigenvalue weighted by Gasteiger charge is -2.11. The highest BCUT2D eigenvalue weighted by atomic mass is 32.2. The number of benzene rings is 1. The van der Waals surface area contributed by atoms with E-state index in [9.17, 15) is 14.9 Å². The minimum Gasteiger partial charge on any atom is -0.378 e. The molecule has 0 bridgehead atoms. The first-order chi connectivity index (χ1) is 9.08. The van der Waals surface area contributed by atoms with Crippen LogP contribution in [0.15, 0.2) is 18.2 Å². The molecule has 7 heteroatoms. The van der Waals surface area contributed by atoms with Gasteiger partial charge >= 0.3 is 0 Å². The van der Waals surface area contributed by atoms with Gasteiger partial charge in [-0.05, 0) is 30.7 Å². The van der Waals surface area contributed by atoms with Crippen LogP contribution in [0.4, 0.5) is 11.4 Å². The van der Waals surface area contributed by atoms with Gasteiger partial charge in [0.15, 0.2) is 0 Å². The van der Waals surface area contributed by atoms with Gasteiger partial charge in [0.1, 0.15) is 5.69 Å². The maximum atomic E-state index is 11.0. The number of nitrogens with zero attached hydrogens (tertiary/aromatic N) is 1. The normalized spacial score (nSPS) is 18.2. The first-order valence-electron chi connectivity index (χ1n) is 6.01. The fourth-order valence-electron chi connectivity index (χ4n) is 2.01. The van der Waals surface area contributed by atoms with E-state index >= 15 is 0 Å². The second kappa shape index (κ2) is 5.92. The Morgan fingerprint density at radius 3 is 2.95 bits per heavy atom. The molecule has 0 aromatic heterocycles. The van der Waals surface area contributed by atoms with E-state index in [-0.39, 0.29) is 11.3 Å². The number of thioether (sulfide) groups is 1. The van der Waals surface area contributed by atoms with Gasteiger partial charge in [0.05, 0.1) is 4.92 Å². The molecule has 1 unspecified atom stereocenters. The lowest BCUT2D eigenvalue weighted by Crippen LogP contribution is -2.15. The van der Waals surface area contributed by atoms with E-state index < -0.39 is 10.8 Å². The maximum absolute atomic E-state index is 11.0. The largest absolute Gasteiger partial charge is 0.378 e. The van der Waals surface area contributed by atoms with Crippen LogP contribution < -0.4 is 11.1 Å². The molecule has 2 rings (SSSR count). The average Bonchev–Trinajstić information content (AvgIpc) is 2.89. The summed E-state index contributed by atoms with van der Waals surface area (Å²) < 4.78 is 0. The monoisotopic (exact) mass is 281 g/mol. The Kier molecular flexibility index (Phi) is 4.26. The zero-order valence-corrected chi connectivity index (χ0v) is 11.1. The molecule has 1 heterocycles. The number of nitrogens with two attached hydrogens (primary N) is 1. The summed E-state index contributed by atoms with van der Waals surface area (Å²) >= 11 is 1.88. The Labute approximate surface area is 114 Å². The van der Waals surface area contributed by atoms with E-state index in [1.165, 1.54) is 24.6 Å². The molecule has 102 valence electrons. The molecular weight excluding hydrogens is 266 g/mol. The average molecular weight is 281 g/mol. The summed E-state index contributed by atoms with van der Waals surface area (Å²) in [6, 6.07) is 4.25. The minimum absolute atomic E-state index is 0.112. The number of carbonyl (C=O) groups is 1. The summed E-state index contributed by atoms with van der Waals surface area (Å²) in [6.07, 6.45) is 2.32. The summed E-state index contributed by atoms with van der Waals surface area (Å²) in [5, 5.41) is 14.6. The molecule has 1 amide bonds. The van der Waals surface area contributed by atoms with Crippen LogP contribution in [0.3, 0.4) is 0 Å². The standard InChI is InChI=1S/C12H15N3O3S/c13-12(16)8-3-4-10(11(6-8)15(17)18)14-7-9-2-1-5-19-9/h3-4,6,9,14H,1-2,5,7H2,(H2,13,16). The third-order valence-corrected chi connectivity index (χ3v) is 4.42. The Morgan fingerprint density at radius 1 is 1.58 bits per heavy atom. The summed E-state index contributed by atoms with van der Waals surface area (Å²) in [6.45, 7) is 0.696. The van der Waals surface area contributed by atoms with Crippen molar-refractivity contribution in [2.24, 2.45) is 5.73 Å². The molecule has 1 aromatic rings. The summed E-state index contributed by atoms with van der Waals surface area (Å²) in [7, 11) is 0. The van der Waals surface area contributed by atoms with E-state index in [1.54, 1.807) is 0 Å². The zero-order chi connectivity index (χ0) is 13.8. The Balaban J connectivity index is 2.14. The molecule has 0 spiro atoms. The highest BCUT2D eigenvalue weighted by molar-refractivity contribution is 8.00. The van der Waals surface area contributed by atoms with Crippen molar-refractivity contribution in [1.29, 1.82) is 0 Å². The number of primary amides is 1. The molecule has 19 heavy (non-hydrogen) atoms. The highest BCUT2D eigenvalue weighted by Gasteiger charge is 2.19. The Bertz CT molecular complexity index is 501. The predicted molar refractivity (Wildman–Crippen MR) is 75.6 cm³/mol. The summed E-state index contributed by atoms with van der Waals surface area (Å²) in [5.41, 5.74) is 5.59. The van der Waals surface area contributed by atoms with Gasteiger partial charge < -0.3 is 11.1 Å². The minimum atomic E-state index is -0.666. The molecule has 1 aromatic carbocycles. The molecule has 3 N–H and O–H groups in total. The third-order valence-electron chi connectivity index (χ3n) is 3.02. The number of nitrogens with one attached hydrogen (secondary N) is 1. The second-order valence-corrected chi connectivity index (χ2v) is 5.78. The Hall–Kier alpha value is -1.76. The van der Waals surface area contributed by atoms with Gasteiger partial charge in [-0.15, -0.1) is 0 Å². The van der Waals surface area contributed by atoms with Gasteiger partial charge in [-0.2, -0.15) is 11.8 Å². The Morgan fingerprint density at radius 2 is 2.37 bits per heavy atom. The van der Waals surface area contributed by atoms with E-state index in [2.05, 4.69) is 5.32 Å². The van der Waals surface area contributed by atoms with Crippen molar-refractivity contribution >= 4 is 29.0 Å². The van der Waals surface area contributed by atoms with Crippen molar-refractivity contribution < 1.29 is 9.72 Å². The van der Waals surface area contributed by atoms with Crippen LogP contribution in [0, 0.1) is 10.1 Å². The first-order valence-corrected chi connectivity index (χ1v) is 7.06. The molecule has 6 nitrogen and oxygen atoms in total. The molecule has 0 aliphatic carbocycles. The van der Waals surface area contributed by atoms with Crippen molar-refractivity contribution in [2.75, 3.05) is 17.6 Å². The predicted octanol–water partition coefficient (Wildman–Crippen LogP) is 2.00. The van der Waals surface area contributed by atoms with Crippen LogP contribution >= 0.6 is 11.8 Å². The van der Waals surface area contributed by atoms with Crippen LogP contribution in [-0.4, -0.2) is 28.4 Å². The van der Waals surface area contributed by atoms with Gasteiger partial charge in [0.25, 0.3) is 5.69 Å². The fraction of sp³-hybridized carbons (Fsp3) is 0.417. The molecule has 1 aliphatic heterocycles. The number of carbonyl (C=O) groups excluding carboxylic acids is 1. The topological polar surface area (TPSA) is 98.3 Å². The van der Waals surface area contributed by atoms with E-state index in [0.29, 0.717) is 17.5 Å². The number of rotatable bonds is 5. The molecular formula is C12H15N3O3S. The molecule has 1 aliphatic rings. The van der Waals surface area contributed by atoms with Crippen molar-refractivity contribution in [3.8, 4) is 0 Å². The molecule has 1 fully saturated rings. The smallest absolute Gasteiger partial charge is 0.293 e. The SMILES string of the molecule is NC(=O)c1ccc(NCC2CCCS2)c([N+](=O)[O-])c1. The van der Waals surface area contributed by atoms with Gasteiger partial charge in [-0.1, -0.05) is 0 Å². The highest BCUT2D eigenvalue weighted by Crippen LogP contribution is 2.29. The molecule has 1 saturated heterocycles. The third kappa shape index (κ3) is 3.37. The lowest BCUT2D eigenvalue weighted by atomic mass is 10.1. The molecule has 0 saturated carbocycles. The van der Waals surface area contributed by atoms with E-state index in [0.717, 1.165) is 12.2 Å². The second-order valence-electron chi connectivity index (χ2n) is 4.37. The molecule has 1 atom stereocenters. The fourth-order valence-corrected chi connectivity index (χ4v) is 3.22. The van der Waals surface area contributed by atoms with E-state index in [1.807, 2.05) is 11.8 Å². The van der Waals surface area contributed by atoms with Gasteiger partial charge in [0.2, 0.25) is 5.91 Å². The first kappa shape index (κ1) is 13.7. The van der Waals surface area contributed by atoms with Gasteiger partial charge in [-0.3, -0.25) is 14.9 Å². The van der Waals surface area contributed by atoms with Crippen LogP contribution in [0.2, 0.25) is 0 Å². The number of anilines is 1. The maximum Gasteiger partial charge on any atom is 0.293 e. The van der Waals surface area contributed by atoms with Crippen LogP contribution in [-0.2, 0) is 0 Å². The number of nitro benzene ring substituents is 1. The van der Waals surface area contributed by atoms with E-state index in [4.69, 9.17) is 5.73 Å². The molecule has 0 radical (unpaired) electrons. The van der Waals surface area contributed by atoms with Crippen LogP contribution in [0.5, 0.6) is 0 Å². The lowest BCUT2D eigenvalue weighted by molar-refractivity contribution is -0.384. The van der Waals surface area contributed by atoms with Crippen molar-refractivity contribution in [3.63, 3.8) is 0 Å². The van der Waals surface area contributed by atoms with Crippen LogP contribution in [0.1, 0.15) is 23.2 Å². The van der Waals surface area contributed by atoms with Crippen molar-refractivity contribution in [2.45, 2.75) is 18.1 Å². The number of nitro groups is 1. The van der Waals surface area contributed by atoms with Crippen LogP contribution in [0.25, 0.3) is 0 Å². The van der Waals surface area contributed by atoms with Crippen molar-refractivity contribution in [3.05, 3.63) is 33.9 Å². The van der Waals surface area contributed by atoms with Gasteiger partial charge in [0, 0.05) is 23.4 Å². The van der Waals surface area contributed by atoms with Crippen molar-refractivity contribution in [1.82, 2.24) is 0 Å². The number of amides is 1. The number of hydrogen-bond donors (Lipinski definition) is 2. The van der Waals surface area contributed by atoms with Gasteiger partial charge in [-0.25, -0.2) is 0 Å². The quantitative estimate of drug-likeness (QED) is 0.635. The summed E-state index contributed by atoms with van der Waals surface area (Å²) in [5.74, 6) is 0.482. The summed E-state index contributed by atoms with van der Waals surface area (Å²) in [4.78, 5) is 21.5. The zero-order valence-electron chi connectivity index (χ0n) is 10.3.